The Hall–Kier alpha value is -0.470. The van der Waals surface area contributed by atoms with Crippen LogP contribution in [0.5, 0.6) is 0 Å². The Balaban J connectivity index is 0. The average molecular weight is 387 g/mol. The summed E-state index contributed by atoms with van der Waals surface area (Å²) in [7, 11) is -2.62. The van der Waals surface area contributed by atoms with Crippen molar-refractivity contribution >= 4 is 8.60 Å². The van der Waals surface area contributed by atoms with E-state index >= 15 is 0 Å². The van der Waals surface area contributed by atoms with Crippen LogP contribution in [0.15, 0.2) is 30.3 Å². The van der Waals surface area contributed by atoms with Gasteiger partial charge in [0, 0.05) is 0 Å². The molecule has 0 aromatic heterocycles. The van der Waals surface area contributed by atoms with Crippen LogP contribution in [0.2, 0.25) is 0 Å². The third-order valence-corrected chi connectivity index (χ3v) is 4.12. The van der Waals surface area contributed by atoms with Crippen molar-refractivity contribution in [3.63, 3.8) is 0 Å². The molecule has 0 aliphatic heterocycles. The first-order valence-corrected chi connectivity index (χ1v) is 11.7. The van der Waals surface area contributed by atoms with Crippen LogP contribution < -0.4 is 0 Å². The van der Waals surface area contributed by atoms with Gasteiger partial charge in [-0.2, -0.15) is 0 Å². The summed E-state index contributed by atoms with van der Waals surface area (Å²) in [4.78, 5) is 21.7. The van der Waals surface area contributed by atoms with Crippen LogP contribution in [-0.4, -0.2) is 14.7 Å². The zero-order valence-electron chi connectivity index (χ0n) is 17.4. The smallest absolute Gasteiger partial charge is 0.324 e. The topological polar surface area (TPSA) is 60.7 Å². The second-order valence-corrected chi connectivity index (χ2v) is 7.22. The second-order valence-electron chi connectivity index (χ2n) is 6.69. The Morgan fingerprint density at radius 2 is 0.923 bits per heavy atom. The minimum atomic E-state index is -2.62. The normalized spacial score (nSPS) is 9.96. The van der Waals surface area contributed by atoms with E-state index in [0.717, 1.165) is 0 Å². The Morgan fingerprint density at radius 3 is 1.31 bits per heavy atom. The van der Waals surface area contributed by atoms with Gasteiger partial charge in [0.05, 0.1) is 0 Å². The van der Waals surface area contributed by atoms with Gasteiger partial charge in [0.1, 0.15) is 0 Å². The Labute approximate surface area is 163 Å². The second kappa shape index (κ2) is 24.5. The third kappa shape index (κ3) is 28.3. The molecule has 4 heteroatoms. The molecule has 154 valence electrons. The molecule has 1 aromatic rings. The van der Waals surface area contributed by atoms with Gasteiger partial charge in [-0.15, -0.1) is 0 Å². The number of benzene rings is 1. The van der Waals surface area contributed by atoms with E-state index in [1.54, 1.807) is 0 Å². The molecule has 0 radical (unpaired) electrons. The van der Waals surface area contributed by atoms with E-state index < -0.39 is 8.60 Å². The molecule has 0 aliphatic carbocycles. The minimum absolute atomic E-state index is 1.26. The summed E-state index contributed by atoms with van der Waals surface area (Å²) < 4.78 is 0. The molecule has 0 saturated carbocycles. The predicted molar refractivity (Wildman–Crippen MR) is 116 cm³/mol. The molecular weight excluding hydrogens is 343 g/mol. The predicted octanol–water partition coefficient (Wildman–Crippen LogP) is 7.15. The Kier molecular flexibility index (Phi) is 26.2. The van der Waals surface area contributed by atoms with E-state index in [1.807, 2.05) is 0 Å². The molecule has 1 aromatic carbocycles. The fourth-order valence-corrected chi connectivity index (χ4v) is 2.61. The Bertz CT molecular complexity index is 336. The number of hydrogen-bond acceptors (Lipinski definition) is 3. The van der Waals surface area contributed by atoms with Crippen LogP contribution in [0, 0.1) is 0 Å². The highest BCUT2D eigenvalue weighted by Gasteiger charge is 1.92. The van der Waals surface area contributed by atoms with Gasteiger partial charge in [0.2, 0.25) is 0 Å². The first kappa shape index (κ1) is 27.7. The van der Waals surface area contributed by atoms with Crippen molar-refractivity contribution < 1.29 is 14.7 Å². The largest absolute Gasteiger partial charge is 0.328 e. The van der Waals surface area contributed by atoms with Crippen molar-refractivity contribution in [2.24, 2.45) is 0 Å². The van der Waals surface area contributed by atoms with E-state index in [1.165, 1.54) is 89.0 Å². The number of rotatable bonds is 12. The monoisotopic (exact) mass is 386 g/mol. The first-order valence-electron chi connectivity index (χ1n) is 10.5. The fraction of sp³-hybridized carbons (Fsp3) is 0.727. The van der Waals surface area contributed by atoms with E-state index in [4.69, 9.17) is 14.7 Å². The lowest BCUT2D eigenvalue weighted by molar-refractivity contribution is 0.368. The van der Waals surface area contributed by atoms with Crippen LogP contribution in [0.3, 0.4) is 0 Å². The summed E-state index contributed by atoms with van der Waals surface area (Å²) in [6, 6.07) is 10.8. The van der Waals surface area contributed by atoms with Gasteiger partial charge >= 0.3 is 8.60 Å². The highest BCUT2D eigenvalue weighted by Crippen LogP contribution is 2.11. The lowest BCUT2D eigenvalue weighted by Crippen LogP contribution is -1.85. The summed E-state index contributed by atoms with van der Waals surface area (Å²) in [6.07, 6.45) is 18.1. The van der Waals surface area contributed by atoms with E-state index in [-0.39, 0.29) is 0 Å². The molecule has 26 heavy (non-hydrogen) atoms. The highest BCUT2D eigenvalue weighted by atomic mass is 31.2. The Morgan fingerprint density at radius 1 is 0.577 bits per heavy atom. The number of hydrogen-bond donors (Lipinski definition) is 3. The van der Waals surface area contributed by atoms with Crippen molar-refractivity contribution in [3.05, 3.63) is 35.9 Å². The van der Waals surface area contributed by atoms with E-state index in [0.29, 0.717) is 0 Å². The van der Waals surface area contributed by atoms with Gasteiger partial charge < -0.3 is 14.7 Å². The molecule has 0 aliphatic rings. The molecule has 0 fully saturated rings. The highest BCUT2D eigenvalue weighted by molar-refractivity contribution is 7.38. The molecule has 0 saturated heterocycles. The van der Waals surface area contributed by atoms with Gasteiger partial charge in [-0.25, -0.2) is 0 Å². The van der Waals surface area contributed by atoms with Crippen molar-refractivity contribution in [2.75, 3.05) is 0 Å². The molecule has 0 heterocycles. The quantitative estimate of drug-likeness (QED) is 0.264. The molecule has 0 atom stereocenters. The maximum Gasteiger partial charge on any atom is 0.324 e. The van der Waals surface area contributed by atoms with Crippen LogP contribution in [0.1, 0.15) is 103 Å². The van der Waals surface area contributed by atoms with Gasteiger partial charge in [0.25, 0.3) is 0 Å². The van der Waals surface area contributed by atoms with Crippen LogP contribution in [0.4, 0.5) is 0 Å². The summed E-state index contributed by atoms with van der Waals surface area (Å²) in [6.45, 7) is 6.78. The van der Waals surface area contributed by atoms with Crippen molar-refractivity contribution in [1.29, 1.82) is 0 Å². The maximum atomic E-state index is 7.23. The summed E-state index contributed by atoms with van der Waals surface area (Å²) >= 11 is 0. The molecule has 3 nitrogen and oxygen atoms in total. The molecule has 1 rings (SSSR count). The summed E-state index contributed by atoms with van der Waals surface area (Å²) in [5, 5.41) is 0. The maximum absolute atomic E-state index is 7.23. The van der Waals surface area contributed by atoms with E-state index in [2.05, 4.69) is 51.1 Å². The van der Waals surface area contributed by atoms with Crippen molar-refractivity contribution in [3.8, 4) is 0 Å². The average Bonchev–Trinajstić information content (AvgIpc) is 2.63. The van der Waals surface area contributed by atoms with Gasteiger partial charge in [-0.05, 0) is 18.4 Å². The lowest BCUT2D eigenvalue weighted by Gasteiger charge is -2.01. The zero-order valence-corrected chi connectivity index (χ0v) is 18.3. The van der Waals surface area contributed by atoms with Gasteiger partial charge in [-0.1, -0.05) is 122 Å². The van der Waals surface area contributed by atoms with Gasteiger partial charge in [-0.3, -0.25) is 0 Å². The van der Waals surface area contributed by atoms with Gasteiger partial charge in [0.15, 0.2) is 0 Å². The van der Waals surface area contributed by atoms with Crippen molar-refractivity contribution in [2.45, 2.75) is 104 Å². The summed E-state index contributed by atoms with van der Waals surface area (Å²) in [5.74, 6) is 0. The molecule has 3 N–H and O–H groups in total. The lowest BCUT2D eigenvalue weighted by atomic mass is 10.1. The molecule has 0 bridgehead atoms. The SMILES string of the molecule is CCCCCCCC.CCCCCCCCc1ccccc1.OP(O)O. The van der Waals surface area contributed by atoms with Crippen LogP contribution >= 0.6 is 8.60 Å². The molecule has 0 unspecified atom stereocenters. The zero-order chi connectivity index (χ0) is 19.9. The third-order valence-electron chi connectivity index (χ3n) is 4.12. The van der Waals surface area contributed by atoms with Crippen LogP contribution in [-0.2, 0) is 6.42 Å². The number of aryl methyl sites for hydroxylation is 1. The van der Waals surface area contributed by atoms with E-state index in [9.17, 15) is 0 Å². The minimum Gasteiger partial charge on any atom is -0.328 e. The number of unbranched alkanes of at least 4 members (excludes halogenated alkanes) is 10. The first-order chi connectivity index (χ1) is 12.6. The van der Waals surface area contributed by atoms with Crippen molar-refractivity contribution in [1.82, 2.24) is 0 Å². The molecular formula is C22H43O3P. The molecule has 0 spiro atoms. The van der Waals surface area contributed by atoms with Crippen LogP contribution in [0.25, 0.3) is 0 Å². The standard InChI is InChI=1S/C14H22.C8H18.H3O3P/c1-2-3-4-5-6-8-11-14-12-9-7-10-13-14;1-3-5-7-8-6-4-2;1-4(2)3/h7,9-10,12-13H,2-6,8,11H2,1H3;3-8H2,1-2H3;1-3H. The molecule has 0 amide bonds. The summed E-state index contributed by atoms with van der Waals surface area (Å²) in [5.41, 5.74) is 1.49. The fourth-order valence-electron chi connectivity index (χ4n) is 2.61.